The predicted octanol–water partition coefficient (Wildman–Crippen LogP) is 5.89. The minimum absolute atomic E-state index is 0.0948. The summed E-state index contributed by atoms with van der Waals surface area (Å²) >= 11 is 7.26. The largest absolute Gasteiger partial charge is 0.490 e. The third-order valence-electron chi connectivity index (χ3n) is 5.95. The maximum Gasteiger partial charge on any atom is 0.308 e. The standard InChI is InChI=1S/C25H23ClN2O4S2/c26-22-8-4-1-5-17(22)16-28-23-14-13-21(15-24(23)33-25(28)29)34(30,31)27-18-9-11-20(12-10-18)32-19-6-2-3-7-19/h1,4-5,8-15,19,27H,2-3,6-7,16H2. The van der Waals surface area contributed by atoms with Crippen LogP contribution in [-0.4, -0.2) is 19.1 Å². The number of halogens is 1. The summed E-state index contributed by atoms with van der Waals surface area (Å²) in [5, 5.41) is 0.580. The highest BCUT2D eigenvalue weighted by Gasteiger charge is 2.19. The first-order chi connectivity index (χ1) is 16.4. The molecule has 0 radical (unpaired) electrons. The van der Waals surface area contributed by atoms with E-state index < -0.39 is 10.0 Å². The smallest absolute Gasteiger partial charge is 0.308 e. The van der Waals surface area contributed by atoms with E-state index in [1.54, 1.807) is 41.0 Å². The van der Waals surface area contributed by atoms with Gasteiger partial charge in [-0.3, -0.25) is 14.1 Å². The Morgan fingerprint density at radius 3 is 2.50 bits per heavy atom. The number of rotatable bonds is 7. The number of hydrogen-bond donors (Lipinski definition) is 1. The molecule has 0 saturated heterocycles. The summed E-state index contributed by atoms with van der Waals surface area (Å²) in [6.07, 6.45) is 4.73. The van der Waals surface area contributed by atoms with Crippen molar-refractivity contribution in [3.8, 4) is 5.75 Å². The molecule has 1 saturated carbocycles. The molecule has 4 aromatic rings. The summed E-state index contributed by atoms with van der Waals surface area (Å²) in [4.78, 5) is 12.5. The Hall–Kier alpha value is -2.81. The molecular formula is C25H23ClN2O4S2. The van der Waals surface area contributed by atoms with Crippen LogP contribution in [0.2, 0.25) is 5.02 Å². The number of anilines is 1. The van der Waals surface area contributed by atoms with Crippen molar-refractivity contribution in [2.45, 2.75) is 43.2 Å². The zero-order valence-corrected chi connectivity index (χ0v) is 20.6. The average Bonchev–Trinajstić information content (AvgIpc) is 3.43. The third kappa shape index (κ3) is 4.85. The van der Waals surface area contributed by atoms with E-state index >= 15 is 0 Å². The van der Waals surface area contributed by atoms with Gasteiger partial charge < -0.3 is 4.74 Å². The summed E-state index contributed by atoms with van der Waals surface area (Å²) in [7, 11) is -3.83. The Morgan fingerprint density at radius 2 is 1.76 bits per heavy atom. The zero-order chi connectivity index (χ0) is 23.7. The van der Waals surface area contributed by atoms with Crippen LogP contribution in [-0.2, 0) is 16.6 Å². The van der Waals surface area contributed by atoms with Gasteiger partial charge in [0.15, 0.2) is 0 Å². The van der Waals surface area contributed by atoms with Crippen LogP contribution in [0.5, 0.6) is 5.75 Å². The second-order valence-corrected chi connectivity index (χ2v) is 11.4. The molecule has 0 spiro atoms. The van der Waals surface area contributed by atoms with E-state index in [2.05, 4.69) is 4.72 Å². The fourth-order valence-corrected chi connectivity index (χ4v) is 6.46. The normalized spacial score (nSPS) is 14.5. The van der Waals surface area contributed by atoms with E-state index in [-0.39, 0.29) is 15.9 Å². The highest BCUT2D eigenvalue weighted by Crippen LogP contribution is 2.27. The van der Waals surface area contributed by atoms with Crippen molar-refractivity contribution in [2.75, 3.05) is 4.72 Å². The summed E-state index contributed by atoms with van der Waals surface area (Å²) in [6.45, 7) is 0.318. The van der Waals surface area contributed by atoms with Gasteiger partial charge in [-0.15, -0.1) is 0 Å². The number of thiazole rings is 1. The second kappa shape index (κ2) is 9.44. The summed E-state index contributed by atoms with van der Waals surface area (Å²) in [5.41, 5.74) is 1.94. The van der Waals surface area contributed by atoms with Crippen molar-refractivity contribution in [1.29, 1.82) is 0 Å². The van der Waals surface area contributed by atoms with Gasteiger partial charge in [-0.1, -0.05) is 41.1 Å². The SMILES string of the molecule is O=c1sc2cc(S(=O)(=O)Nc3ccc(OC4CCCC4)cc3)ccc2n1Cc1ccccc1Cl. The Labute approximate surface area is 206 Å². The fourth-order valence-electron chi connectivity index (χ4n) is 4.17. The number of ether oxygens (including phenoxy) is 1. The number of fused-ring (bicyclic) bond motifs is 1. The predicted molar refractivity (Wildman–Crippen MR) is 137 cm³/mol. The van der Waals surface area contributed by atoms with Crippen LogP contribution in [0.4, 0.5) is 5.69 Å². The monoisotopic (exact) mass is 514 g/mol. The van der Waals surface area contributed by atoms with Crippen LogP contribution in [0.15, 0.2) is 76.4 Å². The maximum absolute atomic E-state index is 13.0. The van der Waals surface area contributed by atoms with Crippen molar-refractivity contribution < 1.29 is 13.2 Å². The zero-order valence-electron chi connectivity index (χ0n) is 18.2. The van der Waals surface area contributed by atoms with Gasteiger partial charge in [0.05, 0.1) is 27.8 Å². The Kier molecular flexibility index (Phi) is 6.38. The minimum Gasteiger partial charge on any atom is -0.490 e. The molecule has 3 aromatic carbocycles. The lowest BCUT2D eigenvalue weighted by Crippen LogP contribution is -2.14. The van der Waals surface area contributed by atoms with Crippen molar-refractivity contribution >= 4 is 48.9 Å². The number of benzene rings is 3. The molecule has 0 unspecified atom stereocenters. The van der Waals surface area contributed by atoms with Crippen LogP contribution in [0.1, 0.15) is 31.2 Å². The lowest BCUT2D eigenvalue weighted by molar-refractivity contribution is 0.210. The van der Waals surface area contributed by atoms with Crippen LogP contribution >= 0.6 is 22.9 Å². The molecule has 34 heavy (non-hydrogen) atoms. The molecular weight excluding hydrogens is 492 g/mol. The van der Waals surface area contributed by atoms with Crippen molar-refractivity contribution in [1.82, 2.24) is 4.57 Å². The van der Waals surface area contributed by atoms with E-state index in [9.17, 15) is 13.2 Å². The number of aromatic nitrogens is 1. The fraction of sp³-hybridized carbons (Fsp3) is 0.240. The summed E-state index contributed by atoms with van der Waals surface area (Å²) in [5.74, 6) is 0.737. The van der Waals surface area contributed by atoms with Gasteiger partial charge >= 0.3 is 4.87 Å². The van der Waals surface area contributed by atoms with Crippen molar-refractivity contribution in [2.24, 2.45) is 0 Å². The number of sulfonamides is 1. The van der Waals surface area contributed by atoms with Crippen LogP contribution in [0, 0.1) is 0 Å². The van der Waals surface area contributed by atoms with Gasteiger partial charge in [0.2, 0.25) is 0 Å². The Bertz CT molecular complexity index is 1490. The molecule has 0 bridgehead atoms. The second-order valence-electron chi connectivity index (χ2n) is 8.33. The molecule has 6 nitrogen and oxygen atoms in total. The van der Waals surface area contributed by atoms with Gasteiger partial charge in [-0.05, 0) is 79.8 Å². The maximum atomic E-state index is 13.0. The summed E-state index contributed by atoms with van der Waals surface area (Å²) < 4.78 is 36.7. The molecule has 1 heterocycles. The number of nitrogens with zero attached hydrogens (tertiary/aromatic N) is 1. The molecule has 0 aliphatic heterocycles. The molecule has 1 fully saturated rings. The lowest BCUT2D eigenvalue weighted by atomic mass is 10.2. The molecule has 1 aliphatic carbocycles. The molecule has 1 aromatic heterocycles. The highest BCUT2D eigenvalue weighted by atomic mass is 35.5. The van der Waals surface area contributed by atoms with Crippen molar-refractivity contribution in [3.63, 3.8) is 0 Å². The van der Waals surface area contributed by atoms with E-state index in [1.807, 2.05) is 18.2 Å². The number of hydrogen-bond acceptors (Lipinski definition) is 5. The molecule has 1 N–H and O–H groups in total. The first-order valence-corrected chi connectivity index (χ1v) is 13.7. The molecule has 176 valence electrons. The van der Waals surface area contributed by atoms with Crippen LogP contribution in [0.25, 0.3) is 10.2 Å². The third-order valence-corrected chi connectivity index (χ3v) is 8.64. The summed E-state index contributed by atoms with van der Waals surface area (Å²) in [6, 6.07) is 19.0. The molecule has 0 atom stereocenters. The number of nitrogens with one attached hydrogen (secondary N) is 1. The lowest BCUT2D eigenvalue weighted by Gasteiger charge is -2.14. The molecule has 1 aliphatic rings. The van der Waals surface area contributed by atoms with Gasteiger partial charge in [0.25, 0.3) is 10.0 Å². The van der Waals surface area contributed by atoms with Gasteiger partial charge in [-0.25, -0.2) is 8.42 Å². The first-order valence-electron chi connectivity index (χ1n) is 11.1. The molecule has 5 rings (SSSR count). The molecule has 9 heteroatoms. The Morgan fingerprint density at radius 1 is 1.03 bits per heavy atom. The van der Waals surface area contributed by atoms with Crippen LogP contribution < -0.4 is 14.3 Å². The van der Waals surface area contributed by atoms with E-state index in [1.165, 1.54) is 25.0 Å². The highest BCUT2D eigenvalue weighted by molar-refractivity contribution is 7.92. The quantitative estimate of drug-likeness (QED) is 0.334. The van der Waals surface area contributed by atoms with E-state index in [4.69, 9.17) is 16.3 Å². The Balaban J connectivity index is 1.36. The average molecular weight is 515 g/mol. The van der Waals surface area contributed by atoms with Gasteiger partial charge in [-0.2, -0.15) is 0 Å². The van der Waals surface area contributed by atoms with Crippen LogP contribution in [0.3, 0.4) is 0 Å². The van der Waals surface area contributed by atoms with Crippen molar-refractivity contribution in [3.05, 3.63) is 87.0 Å². The topological polar surface area (TPSA) is 77.4 Å². The van der Waals surface area contributed by atoms with E-state index in [0.29, 0.717) is 27.5 Å². The minimum atomic E-state index is -3.83. The molecule has 0 amide bonds. The first kappa shape index (κ1) is 23.0. The van der Waals surface area contributed by atoms with Gasteiger partial charge in [0.1, 0.15) is 5.75 Å². The van der Waals surface area contributed by atoms with E-state index in [0.717, 1.165) is 35.5 Å². The van der Waals surface area contributed by atoms with Gasteiger partial charge in [0, 0.05) is 10.7 Å².